The average Bonchev–Trinajstić information content (AvgIpc) is 2.71. The second-order valence-corrected chi connectivity index (χ2v) is 6.91. The van der Waals surface area contributed by atoms with Crippen molar-refractivity contribution in [1.82, 2.24) is 9.88 Å². The molecule has 0 saturated heterocycles. The summed E-state index contributed by atoms with van der Waals surface area (Å²) in [5.41, 5.74) is 1.21. The summed E-state index contributed by atoms with van der Waals surface area (Å²) in [5.74, 6) is 0.656. The molecule has 0 unspecified atom stereocenters. The Morgan fingerprint density at radius 2 is 1.76 bits per heavy atom. The Morgan fingerprint density at radius 3 is 2.41 bits per heavy atom. The van der Waals surface area contributed by atoms with Crippen molar-refractivity contribution in [1.29, 1.82) is 0 Å². The third kappa shape index (κ3) is 4.72. The van der Waals surface area contributed by atoms with Gasteiger partial charge in [0, 0.05) is 23.4 Å². The van der Waals surface area contributed by atoms with Crippen molar-refractivity contribution in [3.05, 3.63) is 42.0 Å². The summed E-state index contributed by atoms with van der Waals surface area (Å²) in [4.78, 5) is 6.87. The number of halogens is 3. The molecular formula is C22H26F3N3O. The van der Waals surface area contributed by atoms with E-state index in [0.29, 0.717) is 34.4 Å². The molecule has 0 aliphatic carbocycles. The minimum Gasteiger partial charge on any atom is -0.497 e. The number of nitrogens with one attached hydrogen (secondary N) is 1. The van der Waals surface area contributed by atoms with Crippen molar-refractivity contribution in [3.8, 4) is 5.75 Å². The molecule has 1 aromatic heterocycles. The van der Waals surface area contributed by atoms with E-state index >= 15 is 0 Å². The molecule has 0 amide bonds. The predicted octanol–water partition coefficient (Wildman–Crippen LogP) is 5.56. The normalized spacial score (nSPS) is 12.1. The first-order valence-corrected chi connectivity index (χ1v) is 9.82. The Labute approximate surface area is 168 Å². The van der Waals surface area contributed by atoms with Crippen LogP contribution in [-0.4, -0.2) is 43.2 Å². The summed E-state index contributed by atoms with van der Waals surface area (Å²) in [7, 11) is 1.57. The molecular weight excluding hydrogens is 379 g/mol. The Morgan fingerprint density at radius 1 is 1.00 bits per heavy atom. The number of hydrogen-bond acceptors (Lipinski definition) is 4. The molecule has 1 heterocycles. The lowest BCUT2D eigenvalue weighted by atomic mass is 10.0. The molecule has 0 aliphatic heterocycles. The molecule has 0 radical (unpaired) electrons. The molecule has 0 atom stereocenters. The van der Waals surface area contributed by atoms with E-state index in [-0.39, 0.29) is 0 Å². The highest BCUT2D eigenvalue weighted by Crippen LogP contribution is 2.37. The first-order valence-electron chi connectivity index (χ1n) is 9.82. The molecule has 0 saturated carbocycles. The van der Waals surface area contributed by atoms with Crippen LogP contribution in [0.3, 0.4) is 0 Å². The second kappa shape index (κ2) is 8.86. The van der Waals surface area contributed by atoms with Crippen LogP contribution in [0.15, 0.2) is 36.4 Å². The summed E-state index contributed by atoms with van der Waals surface area (Å²) in [6.45, 7) is 7.79. The number of aromatic nitrogens is 1. The molecule has 3 rings (SSSR count). The van der Waals surface area contributed by atoms with Crippen molar-refractivity contribution < 1.29 is 17.9 Å². The highest BCUT2D eigenvalue weighted by atomic mass is 19.4. The van der Waals surface area contributed by atoms with Crippen molar-refractivity contribution >= 4 is 27.5 Å². The van der Waals surface area contributed by atoms with Gasteiger partial charge in [-0.25, -0.2) is 4.98 Å². The van der Waals surface area contributed by atoms with Crippen LogP contribution in [0.1, 0.15) is 25.8 Å². The van der Waals surface area contributed by atoms with E-state index in [1.807, 2.05) is 6.07 Å². The van der Waals surface area contributed by atoms with Crippen LogP contribution in [0.4, 0.5) is 18.9 Å². The minimum atomic E-state index is -4.40. The van der Waals surface area contributed by atoms with Gasteiger partial charge in [0.15, 0.2) is 0 Å². The van der Waals surface area contributed by atoms with E-state index in [2.05, 4.69) is 29.0 Å². The smallest absolute Gasteiger partial charge is 0.416 e. The maximum atomic E-state index is 13.3. The Balaban J connectivity index is 2.03. The van der Waals surface area contributed by atoms with Crippen molar-refractivity contribution in [2.45, 2.75) is 26.4 Å². The summed E-state index contributed by atoms with van der Waals surface area (Å²) < 4.78 is 45.1. The first-order chi connectivity index (χ1) is 13.9. The summed E-state index contributed by atoms with van der Waals surface area (Å²) in [6, 6.07) is 9.12. The zero-order valence-electron chi connectivity index (χ0n) is 16.9. The molecule has 0 fully saturated rings. The van der Waals surface area contributed by atoms with Crippen molar-refractivity contribution in [3.63, 3.8) is 0 Å². The van der Waals surface area contributed by atoms with E-state index in [4.69, 9.17) is 4.74 Å². The zero-order valence-corrected chi connectivity index (χ0v) is 16.9. The molecule has 4 nitrogen and oxygen atoms in total. The molecule has 2 aromatic carbocycles. The fourth-order valence-corrected chi connectivity index (χ4v) is 3.47. The van der Waals surface area contributed by atoms with Gasteiger partial charge in [-0.3, -0.25) is 0 Å². The lowest BCUT2D eigenvalue weighted by Gasteiger charge is -2.19. The van der Waals surface area contributed by atoms with E-state index in [1.165, 1.54) is 12.1 Å². The highest BCUT2D eigenvalue weighted by Gasteiger charge is 2.31. The monoisotopic (exact) mass is 405 g/mol. The molecule has 3 aromatic rings. The number of fused-ring (bicyclic) bond motifs is 2. The van der Waals surface area contributed by atoms with Crippen LogP contribution in [-0.2, 0) is 6.18 Å². The number of rotatable bonds is 8. The van der Waals surface area contributed by atoms with Crippen LogP contribution in [0, 0.1) is 0 Å². The van der Waals surface area contributed by atoms with Gasteiger partial charge in [-0.2, -0.15) is 13.2 Å². The maximum absolute atomic E-state index is 13.3. The minimum absolute atomic E-state index is 0.473. The van der Waals surface area contributed by atoms with Gasteiger partial charge in [0.25, 0.3) is 0 Å². The number of pyridine rings is 1. The molecule has 29 heavy (non-hydrogen) atoms. The lowest BCUT2D eigenvalue weighted by Crippen LogP contribution is -2.25. The van der Waals surface area contributed by atoms with Gasteiger partial charge in [0.1, 0.15) is 5.75 Å². The van der Waals surface area contributed by atoms with E-state index in [0.717, 1.165) is 37.5 Å². The summed E-state index contributed by atoms with van der Waals surface area (Å²) in [6.07, 6.45) is -3.51. The van der Waals surface area contributed by atoms with Gasteiger partial charge >= 0.3 is 6.18 Å². The molecule has 0 bridgehead atoms. The fourth-order valence-electron chi connectivity index (χ4n) is 3.47. The third-order valence-corrected chi connectivity index (χ3v) is 5.16. The predicted molar refractivity (Wildman–Crippen MR) is 112 cm³/mol. The summed E-state index contributed by atoms with van der Waals surface area (Å²) >= 11 is 0. The number of ether oxygens (including phenoxy) is 1. The third-order valence-electron chi connectivity index (χ3n) is 5.16. The Bertz CT molecular complexity index is 984. The standard InChI is InChI=1S/C22H26F3N3O/c1-4-28(5-2)12-6-11-26-21-17-9-8-16(29-3)14-20(17)27-19-10-7-15(13-18(19)21)22(23,24)25/h7-10,13-14H,4-6,11-12H2,1-3H3,(H,26,27). The fraction of sp³-hybridized carbons (Fsp3) is 0.409. The number of anilines is 1. The van der Waals surface area contributed by atoms with Gasteiger partial charge in [0.2, 0.25) is 0 Å². The first kappa shape index (κ1) is 21.2. The van der Waals surface area contributed by atoms with Crippen LogP contribution in [0.5, 0.6) is 5.75 Å². The SMILES string of the molecule is CCN(CC)CCCNc1c2ccc(OC)cc2nc2ccc(C(F)(F)F)cc12. The topological polar surface area (TPSA) is 37.4 Å². The van der Waals surface area contributed by atoms with Gasteiger partial charge in [-0.15, -0.1) is 0 Å². The number of alkyl halides is 3. The van der Waals surface area contributed by atoms with Gasteiger partial charge in [-0.05, 0) is 56.4 Å². The molecule has 1 N–H and O–H groups in total. The number of hydrogen-bond donors (Lipinski definition) is 1. The van der Waals surface area contributed by atoms with E-state index in [9.17, 15) is 13.2 Å². The molecule has 7 heteroatoms. The highest BCUT2D eigenvalue weighted by molar-refractivity contribution is 6.07. The van der Waals surface area contributed by atoms with Crippen LogP contribution >= 0.6 is 0 Å². The number of nitrogens with zero attached hydrogens (tertiary/aromatic N) is 2. The molecule has 0 aliphatic rings. The number of benzene rings is 2. The van der Waals surface area contributed by atoms with E-state index < -0.39 is 11.7 Å². The van der Waals surface area contributed by atoms with Crippen molar-refractivity contribution in [2.75, 3.05) is 38.6 Å². The largest absolute Gasteiger partial charge is 0.497 e. The maximum Gasteiger partial charge on any atom is 0.416 e. The Hall–Kier alpha value is -2.54. The van der Waals surface area contributed by atoms with Gasteiger partial charge in [0.05, 0.1) is 29.4 Å². The molecule has 0 spiro atoms. The zero-order chi connectivity index (χ0) is 21.0. The second-order valence-electron chi connectivity index (χ2n) is 6.91. The lowest BCUT2D eigenvalue weighted by molar-refractivity contribution is -0.137. The van der Waals surface area contributed by atoms with E-state index in [1.54, 1.807) is 19.2 Å². The van der Waals surface area contributed by atoms with Crippen molar-refractivity contribution in [2.24, 2.45) is 0 Å². The molecule has 156 valence electrons. The number of methoxy groups -OCH3 is 1. The van der Waals surface area contributed by atoms with Crippen LogP contribution in [0.2, 0.25) is 0 Å². The summed E-state index contributed by atoms with van der Waals surface area (Å²) in [5, 5.41) is 4.63. The van der Waals surface area contributed by atoms with Crippen LogP contribution < -0.4 is 10.1 Å². The van der Waals surface area contributed by atoms with Gasteiger partial charge < -0.3 is 15.0 Å². The van der Waals surface area contributed by atoms with Gasteiger partial charge in [-0.1, -0.05) is 13.8 Å². The average molecular weight is 405 g/mol. The quantitative estimate of drug-likeness (QED) is 0.393. The van der Waals surface area contributed by atoms with Crippen LogP contribution in [0.25, 0.3) is 21.8 Å². The Kier molecular flexibility index (Phi) is 6.47.